The number of aryl methyl sites for hydroxylation is 1. The summed E-state index contributed by atoms with van der Waals surface area (Å²) in [6.45, 7) is 5.47. The van der Waals surface area contributed by atoms with E-state index in [0.29, 0.717) is 13.1 Å². The molecule has 1 fully saturated rings. The molecular formula is C16H22N6O3. The monoisotopic (exact) mass is 346 g/mol. The zero-order chi connectivity index (χ0) is 18.0. The highest BCUT2D eigenvalue weighted by molar-refractivity contribution is 5.92. The van der Waals surface area contributed by atoms with Gasteiger partial charge in [-0.25, -0.2) is 0 Å². The minimum absolute atomic E-state index is 0.152. The van der Waals surface area contributed by atoms with Gasteiger partial charge in [-0.2, -0.15) is 10.2 Å². The quantitative estimate of drug-likeness (QED) is 0.817. The second-order valence-electron chi connectivity index (χ2n) is 6.24. The van der Waals surface area contributed by atoms with Gasteiger partial charge in [0.1, 0.15) is 12.2 Å². The van der Waals surface area contributed by atoms with Crippen molar-refractivity contribution in [3.8, 4) is 0 Å². The first kappa shape index (κ1) is 17.2. The van der Waals surface area contributed by atoms with Crippen LogP contribution in [0, 0.1) is 6.92 Å². The van der Waals surface area contributed by atoms with Gasteiger partial charge in [0.15, 0.2) is 0 Å². The summed E-state index contributed by atoms with van der Waals surface area (Å²) in [4.78, 5) is 27.3. The van der Waals surface area contributed by atoms with E-state index in [4.69, 9.17) is 5.11 Å². The van der Waals surface area contributed by atoms with E-state index in [1.54, 1.807) is 11.0 Å². The summed E-state index contributed by atoms with van der Waals surface area (Å²) in [6.07, 6.45) is 3.41. The van der Waals surface area contributed by atoms with Crippen molar-refractivity contribution < 1.29 is 14.7 Å². The van der Waals surface area contributed by atoms with Gasteiger partial charge in [0.2, 0.25) is 0 Å². The van der Waals surface area contributed by atoms with E-state index >= 15 is 0 Å². The highest BCUT2D eigenvalue weighted by Crippen LogP contribution is 2.13. The van der Waals surface area contributed by atoms with Crippen molar-refractivity contribution in [3.05, 3.63) is 35.4 Å². The minimum atomic E-state index is -0.985. The summed E-state index contributed by atoms with van der Waals surface area (Å²) >= 11 is 0. The van der Waals surface area contributed by atoms with Crippen LogP contribution in [0.3, 0.4) is 0 Å². The van der Waals surface area contributed by atoms with Gasteiger partial charge in [0.25, 0.3) is 5.91 Å². The van der Waals surface area contributed by atoms with E-state index in [2.05, 4.69) is 22.0 Å². The van der Waals surface area contributed by atoms with Crippen LogP contribution in [0.2, 0.25) is 0 Å². The predicted octanol–water partition coefficient (Wildman–Crippen LogP) is -0.0324. The molecule has 0 radical (unpaired) electrons. The molecule has 0 saturated carbocycles. The molecule has 1 N–H and O–H groups in total. The Balaban J connectivity index is 1.54. The fourth-order valence-corrected chi connectivity index (χ4v) is 2.91. The lowest BCUT2D eigenvalue weighted by molar-refractivity contribution is -0.137. The van der Waals surface area contributed by atoms with E-state index in [0.717, 1.165) is 25.3 Å². The number of piperazine rings is 1. The molecule has 1 aliphatic rings. The van der Waals surface area contributed by atoms with Crippen molar-refractivity contribution in [1.82, 2.24) is 29.4 Å². The topological polar surface area (TPSA) is 96.5 Å². The molecule has 25 heavy (non-hydrogen) atoms. The van der Waals surface area contributed by atoms with E-state index in [1.165, 1.54) is 16.4 Å². The molecular weight excluding hydrogens is 324 g/mol. The number of carbonyl (C=O) groups excluding carboxylic acids is 1. The average molecular weight is 346 g/mol. The third-order valence-corrected chi connectivity index (χ3v) is 4.55. The normalized spacial score (nSPS) is 15.5. The van der Waals surface area contributed by atoms with Crippen LogP contribution < -0.4 is 0 Å². The Kier molecular flexibility index (Phi) is 4.84. The zero-order valence-electron chi connectivity index (χ0n) is 14.4. The number of hydrogen-bond acceptors (Lipinski definition) is 5. The van der Waals surface area contributed by atoms with Crippen LogP contribution in [-0.2, 0) is 24.9 Å². The van der Waals surface area contributed by atoms with Gasteiger partial charge in [0.05, 0.1) is 6.20 Å². The number of hydrogen-bond donors (Lipinski definition) is 1. The van der Waals surface area contributed by atoms with Crippen LogP contribution in [0.25, 0.3) is 0 Å². The lowest BCUT2D eigenvalue weighted by Crippen LogP contribution is -2.48. The molecule has 0 aliphatic carbocycles. The van der Waals surface area contributed by atoms with E-state index in [9.17, 15) is 9.59 Å². The first-order chi connectivity index (χ1) is 11.9. The van der Waals surface area contributed by atoms with Crippen molar-refractivity contribution in [2.75, 3.05) is 26.2 Å². The molecule has 0 atom stereocenters. The maximum Gasteiger partial charge on any atom is 0.325 e. The van der Waals surface area contributed by atoms with E-state index in [-0.39, 0.29) is 18.1 Å². The minimum Gasteiger partial charge on any atom is -0.480 e. The van der Waals surface area contributed by atoms with Gasteiger partial charge in [-0.1, -0.05) is 0 Å². The molecule has 0 unspecified atom stereocenters. The molecule has 3 heterocycles. The third kappa shape index (κ3) is 3.87. The molecule has 0 spiro atoms. The van der Waals surface area contributed by atoms with Crippen LogP contribution in [0.15, 0.2) is 18.5 Å². The molecule has 9 nitrogen and oxygen atoms in total. The Morgan fingerprint density at radius 1 is 1.24 bits per heavy atom. The number of rotatable bonds is 5. The van der Waals surface area contributed by atoms with Gasteiger partial charge in [-0.3, -0.25) is 23.9 Å². The SMILES string of the molecule is Cc1c(CN2CCN(C(=O)c3ccn(CC(=O)O)n3)CC2)cnn1C. The molecule has 1 aliphatic heterocycles. The summed E-state index contributed by atoms with van der Waals surface area (Å²) in [5.74, 6) is -1.14. The van der Waals surface area contributed by atoms with Gasteiger partial charge >= 0.3 is 5.97 Å². The first-order valence-corrected chi connectivity index (χ1v) is 8.18. The summed E-state index contributed by atoms with van der Waals surface area (Å²) in [7, 11) is 1.93. The van der Waals surface area contributed by atoms with Gasteiger partial charge in [-0.05, 0) is 13.0 Å². The fourth-order valence-electron chi connectivity index (χ4n) is 2.91. The summed E-state index contributed by atoms with van der Waals surface area (Å²) in [5, 5.41) is 17.1. The molecule has 1 saturated heterocycles. The molecule has 2 aromatic heterocycles. The highest BCUT2D eigenvalue weighted by atomic mass is 16.4. The maximum absolute atomic E-state index is 12.5. The number of aliphatic carboxylic acids is 1. The first-order valence-electron chi connectivity index (χ1n) is 8.18. The lowest BCUT2D eigenvalue weighted by atomic mass is 10.2. The molecule has 1 amide bonds. The van der Waals surface area contributed by atoms with E-state index < -0.39 is 5.97 Å². The smallest absolute Gasteiger partial charge is 0.325 e. The molecule has 134 valence electrons. The highest BCUT2D eigenvalue weighted by Gasteiger charge is 2.24. The number of amides is 1. The Hall–Kier alpha value is -2.68. The maximum atomic E-state index is 12.5. The van der Waals surface area contributed by atoms with Crippen LogP contribution in [0.4, 0.5) is 0 Å². The van der Waals surface area contributed by atoms with Gasteiger partial charge in [0, 0.05) is 57.2 Å². The van der Waals surface area contributed by atoms with Crippen molar-refractivity contribution in [3.63, 3.8) is 0 Å². The molecule has 0 aromatic carbocycles. The van der Waals surface area contributed by atoms with Crippen LogP contribution in [0.5, 0.6) is 0 Å². The second kappa shape index (κ2) is 7.06. The molecule has 2 aromatic rings. The van der Waals surface area contributed by atoms with Crippen molar-refractivity contribution in [2.24, 2.45) is 7.05 Å². The van der Waals surface area contributed by atoms with Gasteiger partial charge < -0.3 is 10.0 Å². The Morgan fingerprint density at radius 2 is 1.96 bits per heavy atom. The number of nitrogens with zero attached hydrogens (tertiary/aromatic N) is 6. The number of aromatic nitrogens is 4. The van der Waals surface area contributed by atoms with Crippen molar-refractivity contribution in [1.29, 1.82) is 0 Å². The number of carbonyl (C=O) groups is 2. The summed E-state index contributed by atoms with van der Waals surface area (Å²) in [5.41, 5.74) is 2.65. The lowest BCUT2D eigenvalue weighted by Gasteiger charge is -2.34. The van der Waals surface area contributed by atoms with Gasteiger partial charge in [-0.15, -0.1) is 0 Å². The molecule has 0 bridgehead atoms. The zero-order valence-corrected chi connectivity index (χ0v) is 14.4. The van der Waals surface area contributed by atoms with Crippen LogP contribution in [-0.4, -0.2) is 72.5 Å². The Labute approximate surface area is 145 Å². The van der Waals surface area contributed by atoms with Crippen molar-refractivity contribution in [2.45, 2.75) is 20.0 Å². The van der Waals surface area contributed by atoms with Crippen LogP contribution in [0.1, 0.15) is 21.7 Å². The Morgan fingerprint density at radius 3 is 2.56 bits per heavy atom. The average Bonchev–Trinajstić information content (AvgIpc) is 3.16. The standard InChI is InChI=1S/C16H22N6O3/c1-12-13(9-17-19(12)2)10-20-5-7-21(8-6-20)16(25)14-3-4-22(18-14)11-15(23)24/h3-4,9H,5-8,10-11H2,1-2H3,(H,23,24). The summed E-state index contributed by atoms with van der Waals surface area (Å²) < 4.78 is 3.12. The second-order valence-corrected chi connectivity index (χ2v) is 6.24. The van der Waals surface area contributed by atoms with Crippen LogP contribution >= 0.6 is 0 Å². The third-order valence-electron chi connectivity index (χ3n) is 4.55. The predicted molar refractivity (Wildman–Crippen MR) is 89.0 cm³/mol. The fraction of sp³-hybridized carbons (Fsp3) is 0.500. The molecule has 3 rings (SSSR count). The molecule has 9 heteroatoms. The van der Waals surface area contributed by atoms with Crippen molar-refractivity contribution >= 4 is 11.9 Å². The Bertz CT molecular complexity index is 773. The number of carboxylic acid groups (broad SMARTS) is 1. The number of carboxylic acids is 1. The van der Waals surface area contributed by atoms with E-state index in [1.807, 2.05) is 17.9 Å². The summed E-state index contributed by atoms with van der Waals surface area (Å²) in [6, 6.07) is 1.57. The largest absolute Gasteiger partial charge is 0.480 e.